The standard InChI is InChI=1S/C7H8N3O4P/c11-15(12,13)14-6-9-5-8-10-4-2-1-3-7(9)10/h1-5H,6H2,(H-,11,12,13)/p+1. The molecule has 0 amide bonds. The highest BCUT2D eigenvalue weighted by molar-refractivity contribution is 7.46. The van der Waals surface area contributed by atoms with E-state index in [2.05, 4.69) is 9.62 Å². The molecule has 0 bridgehead atoms. The first-order chi connectivity index (χ1) is 7.06. The van der Waals surface area contributed by atoms with Crippen molar-refractivity contribution in [2.45, 2.75) is 6.73 Å². The van der Waals surface area contributed by atoms with Crippen molar-refractivity contribution in [3.8, 4) is 0 Å². The molecule has 0 spiro atoms. The summed E-state index contributed by atoms with van der Waals surface area (Å²) in [5, 5.41) is 3.97. The van der Waals surface area contributed by atoms with Crippen LogP contribution in [0.25, 0.3) is 5.65 Å². The first kappa shape index (κ1) is 10.3. The Balaban J connectivity index is 2.25. The maximum atomic E-state index is 10.5. The maximum absolute atomic E-state index is 10.5. The van der Waals surface area contributed by atoms with Crippen LogP contribution in [0.5, 0.6) is 0 Å². The van der Waals surface area contributed by atoms with E-state index in [1.807, 2.05) is 0 Å². The van der Waals surface area contributed by atoms with E-state index in [-0.39, 0.29) is 6.73 Å². The monoisotopic (exact) mass is 230 g/mol. The summed E-state index contributed by atoms with van der Waals surface area (Å²) in [5.74, 6) is 0. The highest BCUT2D eigenvalue weighted by Crippen LogP contribution is 2.35. The zero-order valence-corrected chi connectivity index (χ0v) is 8.49. The lowest BCUT2D eigenvalue weighted by Gasteiger charge is -2.02. The molecule has 80 valence electrons. The summed E-state index contributed by atoms with van der Waals surface area (Å²) in [6, 6.07) is 5.36. The van der Waals surface area contributed by atoms with E-state index in [9.17, 15) is 4.57 Å². The third-order valence-corrected chi connectivity index (χ3v) is 2.24. The molecule has 0 fully saturated rings. The van der Waals surface area contributed by atoms with E-state index < -0.39 is 7.82 Å². The van der Waals surface area contributed by atoms with Gasteiger partial charge in [-0.15, -0.1) is 0 Å². The van der Waals surface area contributed by atoms with E-state index in [1.165, 1.54) is 10.9 Å². The van der Waals surface area contributed by atoms with Gasteiger partial charge in [0.2, 0.25) is 0 Å². The van der Waals surface area contributed by atoms with Crippen LogP contribution in [0.15, 0.2) is 30.7 Å². The van der Waals surface area contributed by atoms with Gasteiger partial charge in [-0.3, -0.25) is 4.52 Å². The molecule has 0 radical (unpaired) electrons. The fourth-order valence-corrected chi connectivity index (χ4v) is 1.44. The highest BCUT2D eigenvalue weighted by Gasteiger charge is 2.17. The van der Waals surface area contributed by atoms with Gasteiger partial charge in [-0.2, -0.15) is 0 Å². The van der Waals surface area contributed by atoms with Crippen molar-refractivity contribution in [1.29, 1.82) is 0 Å². The smallest absolute Gasteiger partial charge is 0.303 e. The van der Waals surface area contributed by atoms with E-state index in [0.29, 0.717) is 5.65 Å². The van der Waals surface area contributed by atoms with Crippen molar-refractivity contribution >= 4 is 13.5 Å². The Morgan fingerprint density at radius 3 is 3.07 bits per heavy atom. The van der Waals surface area contributed by atoms with Gasteiger partial charge in [0.1, 0.15) is 6.20 Å². The van der Waals surface area contributed by atoms with Gasteiger partial charge < -0.3 is 9.79 Å². The minimum Gasteiger partial charge on any atom is -0.303 e. The van der Waals surface area contributed by atoms with Gasteiger partial charge in [0.05, 0.1) is 0 Å². The third kappa shape index (κ3) is 2.40. The highest BCUT2D eigenvalue weighted by atomic mass is 31.2. The number of pyridine rings is 1. The number of phosphoric acid groups is 1. The average Bonchev–Trinajstić information content (AvgIpc) is 2.57. The second-order valence-electron chi connectivity index (χ2n) is 2.85. The van der Waals surface area contributed by atoms with Crippen LogP contribution in [0.4, 0.5) is 0 Å². The minimum atomic E-state index is -4.44. The van der Waals surface area contributed by atoms with Gasteiger partial charge in [0, 0.05) is 11.2 Å². The van der Waals surface area contributed by atoms with Crippen LogP contribution in [-0.4, -0.2) is 19.4 Å². The second-order valence-corrected chi connectivity index (χ2v) is 4.09. The summed E-state index contributed by atoms with van der Waals surface area (Å²) in [5.41, 5.74) is 0.686. The molecule has 0 aromatic carbocycles. The molecule has 2 heterocycles. The Hall–Kier alpha value is -1.27. The molecular weight excluding hydrogens is 221 g/mol. The number of hydrogen-bond donors (Lipinski definition) is 2. The summed E-state index contributed by atoms with van der Waals surface area (Å²) in [6.45, 7) is -0.238. The van der Waals surface area contributed by atoms with Crippen LogP contribution in [0.2, 0.25) is 0 Å². The van der Waals surface area contributed by atoms with Crippen molar-refractivity contribution in [2.24, 2.45) is 0 Å². The third-order valence-electron chi connectivity index (χ3n) is 1.79. The molecule has 2 aromatic rings. The number of rotatable bonds is 3. The average molecular weight is 230 g/mol. The molecule has 2 rings (SSSR count). The Morgan fingerprint density at radius 1 is 1.53 bits per heavy atom. The molecule has 2 aromatic heterocycles. The lowest BCUT2D eigenvalue weighted by atomic mass is 10.5. The molecular formula is C7H9N3O4P+. The fourth-order valence-electron chi connectivity index (χ4n) is 1.16. The van der Waals surface area contributed by atoms with E-state index in [1.54, 1.807) is 28.9 Å². The quantitative estimate of drug-likeness (QED) is 0.557. The lowest BCUT2D eigenvalue weighted by Crippen LogP contribution is -2.33. The molecule has 0 saturated carbocycles. The van der Waals surface area contributed by atoms with Gasteiger partial charge in [0.15, 0.2) is 6.73 Å². The molecule has 7 nitrogen and oxygen atoms in total. The molecule has 0 aliphatic carbocycles. The van der Waals surface area contributed by atoms with Crippen LogP contribution in [-0.2, 0) is 15.8 Å². The number of hydrogen-bond acceptors (Lipinski definition) is 3. The van der Waals surface area contributed by atoms with Crippen molar-refractivity contribution in [2.75, 3.05) is 0 Å². The van der Waals surface area contributed by atoms with Crippen molar-refractivity contribution in [3.63, 3.8) is 0 Å². The molecule has 0 aliphatic rings. The second kappa shape index (κ2) is 3.71. The molecule has 2 N–H and O–H groups in total. The Bertz CT molecular complexity index is 520. The first-order valence-corrected chi connectivity index (χ1v) is 5.61. The van der Waals surface area contributed by atoms with Crippen molar-refractivity contribution < 1.29 is 23.4 Å². The zero-order chi connectivity index (χ0) is 10.9. The number of nitrogens with zero attached hydrogens (tertiary/aromatic N) is 3. The largest absolute Gasteiger partial charge is 0.472 e. The van der Waals surface area contributed by atoms with Crippen LogP contribution in [0, 0.1) is 0 Å². The zero-order valence-electron chi connectivity index (χ0n) is 7.59. The molecule has 0 unspecified atom stereocenters. The Kier molecular flexibility index (Phi) is 2.54. The summed E-state index contributed by atoms with van der Waals surface area (Å²) in [7, 11) is -4.44. The lowest BCUT2D eigenvalue weighted by molar-refractivity contribution is -0.702. The van der Waals surface area contributed by atoms with Crippen LogP contribution >= 0.6 is 7.82 Å². The summed E-state index contributed by atoms with van der Waals surface area (Å²) < 4.78 is 17.9. The number of phosphoric ester groups is 1. The number of fused-ring (bicyclic) bond motifs is 1. The SMILES string of the molecule is O=P(O)(O)OC[n+]1cnn2ccccc21. The van der Waals surface area contributed by atoms with Gasteiger partial charge in [-0.25, -0.2) is 9.13 Å². The predicted molar refractivity (Wildman–Crippen MR) is 48.5 cm³/mol. The summed E-state index contributed by atoms with van der Waals surface area (Å²) in [4.78, 5) is 17.1. The molecule has 0 aliphatic heterocycles. The number of aromatic nitrogens is 3. The molecule has 8 heteroatoms. The normalized spacial score (nSPS) is 12.1. The van der Waals surface area contributed by atoms with Crippen molar-refractivity contribution in [3.05, 3.63) is 30.7 Å². The van der Waals surface area contributed by atoms with Crippen LogP contribution in [0.3, 0.4) is 0 Å². The van der Waals surface area contributed by atoms with Crippen LogP contribution < -0.4 is 4.57 Å². The van der Waals surface area contributed by atoms with E-state index >= 15 is 0 Å². The topological polar surface area (TPSA) is 87.9 Å². The predicted octanol–water partition coefficient (Wildman–Crippen LogP) is -0.311. The van der Waals surface area contributed by atoms with Gasteiger partial charge in [-0.1, -0.05) is 10.6 Å². The van der Waals surface area contributed by atoms with Crippen LogP contribution in [0.1, 0.15) is 0 Å². The van der Waals surface area contributed by atoms with E-state index in [4.69, 9.17) is 9.79 Å². The Morgan fingerprint density at radius 2 is 2.33 bits per heavy atom. The van der Waals surface area contributed by atoms with E-state index in [0.717, 1.165) is 0 Å². The Labute approximate surface area is 84.8 Å². The first-order valence-electron chi connectivity index (χ1n) is 4.08. The van der Waals surface area contributed by atoms with Gasteiger partial charge in [0.25, 0.3) is 12.0 Å². The maximum Gasteiger partial charge on any atom is 0.472 e. The fraction of sp³-hybridized carbons (Fsp3) is 0.143. The molecule has 0 atom stereocenters. The molecule has 0 saturated heterocycles. The van der Waals surface area contributed by atoms with Gasteiger partial charge >= 0.3 is 7.82 Å². The summed E-state index contributed by atoms with van der Waals surface area (Å²) >= 11 is 0. The molecule has 15 heavy (non-hydrogen) atoms. The minimum absolute atomic E-state index is 0.238. The van der Waals surface area contributed by atoms with Crippen molar-refractivity contribution in [1.82, 2.24) is 9.61 Å². The van der Waals surface area contributed by atoms with Gasteiger partial charge in [-0.05, 0) is 6.07 Å². The summed E-state index contributed by atoms with van der Waals surface area (Å²) in [6.07, 6.45) is 3.16.